The van der Waals surface area contributed by atoms with Crippen molar-refractivity contribution in [1.29, 1.82) is 0 Å². The fraction of sp³-hybridized carbons (Fsp3) is 0.286. The van der Waals surface area contributed by atoms with E-state index in [1.807, 2.05) is 30.3 Å². The molecule has 2 rings (SSSR count). The summed E-state index contributed by atoms with van der Waals surface area (Å²) in [7, 11) is 0. The zero-order valence-corrected chi connectivity index (χ0v) is 14.0. The average Bonchev–Trinajstić information content (AvgIpc) is 2.59. The van der Waals surface area contributed by atoms with E-state index in [2.05, 4.69) is 24.3 Å². The van der Waals surface area contributed by atoms with Gasteiger partial charge in [0, 0.05) is 11.5 Å². The van der Waals surface area contributed by atoms with Crippen LogP contribution >= 0.6 is 0 Å². The third kappa shape index (κ3) is 6.29. The smallest absolute Gasteiger partial charge is 0.241 e. The maximum absolute atomic E-state index is 10.5. The largest absolute Gasteiger partial charge is 0.493 e. The van der Waals surface area contributed by atoms with Gasteiger partial charge < -0.3 is 10.5 Å². The number of primary amides is 1. The molecule has 0 bridgehead atoms. The lowest BCUT2D eigenvalue weighted by Gasteiger charge is -2.09. The Kier molecular flexibility index (Phi) is 7.61. The summed E-state index contributed by atoms with van der Waals surface area (Å²) < 4.78 is 5.93. The van der Waals surface area contributed by atoms with Crippen molar-refractivity contribution < 1.29 is 9.53 Å². The van der Waals surface area contributed by atoms with Crippen LogP contribution in [-0.2, 0) is 4.79 Å². The number of carbonyl (C=O) groups excluding carboxylic acids is 1. The molecule has 0 saturated carbocycles. The molecule has 0 radical (unpaired) electrons. The summed E-state index contributed by atoms with van der Waals surface area (Å²) in [5, 5.41) is 2.39. The van der Waals surface area contributed by atoms with Gasteiger partial charge in [0.2, 0.25) is 5.91 Å². The van der Waals surface area contributed by atoms with Gasteiger partial charge in [-0.3, -0.25) is 4.79 Å². The summed E-state index contributed by atoms with van der Waals surface area (Å²) in [6.45, 7) is 0.755. The van der Waals surface area contributed by atoms with Crippen molar-refractivity contribution >= 4 is 16.7 Å². The predicted octanol–water partition coefficient (Wildman–Crippen LogP) is 4.77. The van der Waals surface area contributed by atoms with Gasteiger partial charge in [0.15, 0.2) is 0 Å². The fourth-order valence-corrected chi connectivity index (χ4v) is 2.55. The molecule has 2 aromatic carbocycles. The molecular formula is C21H25NO2. The van der Waals surface area contributed by atoms with E-state index in [1.165, 1.54) is 23.3 Å². The molecule has 126 valence electrons. The number of amides is 1. The number of fused-ring (bicyclic) bond motifs is 1. The third-order valence-corrected chi connectivity index (χ3v) is 3.78. The summed E-state index contributed by atoms with van der Waals surface area (Å²) in [5.41, 5.74) is 5.00. The summed E-state index contributed by atoms with van der Waals surface area (Å²) in [5.74, 6) is 0.558. The maximum atomic E-state index is 10.5. The van der Waals surface area contributed by atoms with Crippen molar-refractivity contribution in [2.75, 3.05) is 6.61 Å². The molecule has 0 aromatic heterocycles. The lowest BCUT2D eigenvalue weighted by Crippen LogP contribution is -2.04. The first-order valence-electron chi connectivity index (χ1n) is 8.50. The minimum atomic E-state index is -0.411. The van der Waals surface area contributed by atoms with Crippen LogP contribution in [0.3, 0.4) is 0 Å². The molecule has 3 heteroatoms. The molecule has 2 N–H and O–H groups in total. The molecule has 0 fully saturated rings. The molecule has 0 heterocycles. The highest BCUT2D eigenvalue weighted by atomic mass is 16.5. The van der Waals surface area contributed by atoms with E-state index < -0.39 is 5.91 Å². The lowest BCUT2D eigenvalue weighted by atomic mass is 10.1. The molecule has 0 saturated heterocycles. The van der Waals surface area contributed by atoms with Crippen molar-refractivity contribution in [2.45, 2.75) is 32.1 Å². The van der Waals surface area contributed by atoms with E-state index >= 15 is 0 Å². The fourth-order valence-electron chi connectivity index (χ4n) is 2.55. The summed E-state index contributed by atoms with van der Waals surface area (Å²) in [6, 6.07) is 14.5. The van der Waals surface area contributed by atoms with Crippen molar-refractivity contribution in [3.05, 3.63) is 66.8 Å². The van der Waals surface area contributed by atoms with Gasteiger partial charge in [-0.1, -0.05) is 67.5 Å². The Balaban J connectivity index is 1.59. The van der Waals surface area contributed by atoms with Gasteiger partial charge in [0.1, 0.15) is 5.75 Å². The number of nitrogens with two attached hydrogens (primary N) is 1. The molecule has 0 aliphatic heterocycles. The Morgan fingerprint density at radius 2 is 1.75 bits per heavy atom. The Labute approximate surface area is 143 Å². The number of ether oxygens (including phenoxy) is 1. The average molecular weight is 323 g/mol. The van der Waals surface area contributed by atoms with E-state index in [0.29, 0.717) is 0 Å². The van der Waals surface area contributed by atoms with Gasteiger partial charge in [0.25, 0.3) is 0 Å². The molecule has 0 atom stereocenters. The number of hydrogen-bond acceptors (Lipinski definition) is 2. The number of allylic oxidation sites excluding steroid dienone is 3. The zero-order chi connectivity index (χ0) is 17.0. The van der Waals surface area contributed by atoms with Gasteiger partial charge in [-0.25, -0.2) is 0 Å². The first-order chi connectivity index (χ1) is 11.8. The minimum Gasteiger partial charge on any atom is -0.493 e. The van der Waals surface area contributed by atoms with E-state index in [9.17, 15) is 4.79 Å². The van der Waals surface area contributed by atoms with E-state index in [4.69, 9.17) is 10.5 Å². The van der Waals surface area contributed by atoms with Crippen LogP contribution in [0.4, 0.5) is 0 Å². The van der Waals surface area contributed by atoms with Crippen molar-refractivity contribution in [3.63, 3.8) is 0 Å². The topological polar surface area (TPSA) is 52.3 Å². The molecule has 0 spiro atoms. The predicted molar refractivity (Wildman–Crippen MR) is 100 cm³/mol. The lowest BCUT2D eigenvalue weighted by molar-refractivity contribution is -0.113. The van der Waals surface area contributed by atoms with Crippen LogP contribution in [-0.4, -0.2) is 12.5 Å². The quantitative estimate of drug-likeness (QED) is 0.389. The second kappa shape index (κ2) is 10.3. The molecule has 3 nitrogen and oxygen atoms in total. The van der Waals surface area contributed by atoms with Gasteiger partial charge >= 0.3 is 0 Å². The van der Waals surface area contributed by atoms with Crippen LogP contribution in [0.15, 0.2) is 66.8 Å². The highest BCUT2D eigenvalue weighted by molar-refractivity contribution is 5.88. The van der Waals surface area contributed by atoms with Gasteiger partial charge in [-0.15, -0.1) is 0 Å². The summed E-state index contributed by atoms with van der Waals surface area (Å²) >= 11 is 0. The number of rotatable bonds is 10. The summed E-state index contributed by atoms with van der Waals surface area (Å²) in [4.78, 5) is 10.5. The van der Waals surface area contributed by atoms with E-state index in [0.717, 1.165) is 38.0 Å². The SMILES string of the molecule is NC(=O)C=CC=CCCCCCCOc1cccc2ccccc12. The molecule has 0 aliphatic rings. The summed E-state index contributed by atoms with van der Waals surface area (Å²) in [6.07, 6.45) is 12.6. The maximum Gasteiger partial charge on any atom is 0.241 e. The first kappa shape index (κ1) is 17.8. The van der Waals surface area contributed by atoms with Crippen molar-refractivity contribution in [1.82, 2.24) is 0 Å². The van der Waals surface area contributed by atoms with E-state index in [-0.39, 0.29) is 0 Å². The Morgan fingerprint density at radius 3 is 2.62 bits per heavy atom. The molecule has 0 aliphatic carbocycles. The van der Waals surface area contributed by atoms with E-state index in [1.54, 1.807) is 6.08 Å². The van der Waals surface area contributed by atoms with Crippen LogP contribution in [0.5, 0.6) is 5.75 Å². The first-order valence-corrected chi connectivity index (χ1v) is 8.50. The molecule has 0 unspecified atom stereocenters. The van der Waals surface area contributed by atoms with Crippen LogP contribution in [0.2, 0.25) is 0 Å². The Hall–Kier alpha value is -2.55. The molecular weight excluding hydrogens is 298 g/mol. The zero-order valence-electron chi connectivity index (χ0n) is 14.0. The second-order valence-corrected chi connectivity index (χ2v) is 5.72. The van der Waals surface area contributed by atoms with Crippen LogP contribution in [0.25, 0.3) is 10.8 Å². The number of benzene rings is 2. The van der Waals surface area contributed by atoms with Gasteiger partial charge in [0.05, 0.1) is 6.61 Å². The Bertz CT molecular complexity index is 699. The molecule has 2 aromatic rings. The molecule has 1 amide bonds. The normalized spacial score (nSPS) is 11.5. The van der Waals surface area contributed by atoms with Crippen LogP contribution in [0, 0.1) is 0 Å². The highest BCUT2D eigenvalue weighted by Crippen LogP contribution is 2.25. The van der Waals surface area contributed by atoms with Crippen LogP contribution < -0.4 is 10.5 Å². The van der Waals surface area contributed by atoms with Gasteiger partial charge in [-0.05, 0) is 30.7 Å². The Morgan fingerprint density at radius 1 is 0.958 bits per heavy atom. The standard InChI is InChI=1S/C21H25NO2/c22-21(23)16-7-5-3-1-2-4-6-10-17-24-20-15-11-13-18-12-8-9-14-19(18)20/h3,5,7-9,11-16H,1-2,4,6,10,17H2,(H2,22,23). The highest BCUT2D eigenvalue weighted by Gasteiger charge is 2.00. The number of hydrogen-bond donors (Lipinski definition) is 1. The number of unbranched alkanes of at least 4 members (excludes halogenated alkanes) is 4. The second-order valence-electron chi connectivity index (χ2n) is 5.72. The van der Waals surface area contributed by atoms with Crippen molar-refractivity contribution in [3.8, 4) is 5.75 Å². The van der Waals surface area contributed by atoms with Crippen LogP contribution in [0.1, 0.15) is 32.1 Å². The third-order valence-electron chi connectivity index (χ3n) is 3.78. The van der Waals surface area contributed by atoms with Gasteiger partial charge in [-0.2, -0.15) is 0 Å². The number of carbonyl (C=O) groups is 1. The van der Waals surface area contributed by atoms with Crippen molar-refractivity contribution in [2.24, 2.45) is 5.73 Å². The molecule has 24 heavy (non-hydrogen) atoms. The monoisotopic (exact) mass is 323 g/mol. The minimum absolute atomic E-state index is 0.411.